The van der Waals surface area contributed by atoms with Crippen molar-refractivity contribution in [2.24, 2.45) is 0 Å². The Balaban J connectivity index is 2.24. The number of rotatable bonds is 3. The van der Waals surface area contributed by atoms with E-state index in [4.69, 9.17) is 16.1 Å². The fourth-order valence-electron chi connectivity index (χ4n) is 1.53. The van der Waals surface area contributed by atoms with Crippen LogP contribution in [0.25, 0.3) is 0 Å². The summed E-state index contributed by atoms with van der Waals surface area (Å²) in [6.45, 7) is 2.08. The van der Waals surface area contributed by atoms with Gasteiger partial charge in [-0.1, -0.05) is 35.8 Å². The third-order valence-electron chi connectivity index (χ3n) is 2.59. The number of aromatic nitrogens is 1. The second-order valence-corrected chi connectivity index (χ2v) is 4.08. The topological polar surface area (TPSA) is 38.1 Å². The number of hydrogen-bond donors (Lipinski definition) is 1. The fraction of sp³-hybridized carbons (Fsp3) is 0.250. The Kier molecular flexibility index (Phi) is 3.15. The first-order chi connectivity index (χ1) is 7.70. The molecule has 0 fully saturated rings. The summed E-state index contributed by atoms with van der Waals surface area (Å²) in [5.41, 5.74) is 2.08. The number of hydrogen-bond acceptors (Lipinski definition) is 3. The Morgan fingerprint density at radius 1 is 1.31 bits per heavy atom. The maximum Gasteiger partial charge on any atom is 0.224 e. The maximum absolute atomic E-state index is 5.84. The first kappa shape index (κ1) is 11.0. The average molecular weight is 237 g/mol. The first-order valence-electron chi connectivity index (χ1n) is 5.10. The molecule has 2 aromatic rings. The zero-order valence-electron chi connectivity index (χ0n) is 9.20. The van der Waals surface area contributed by atoms with Crippen LogP contribution in [0.1, 0.15) is 24.1 Å². The van der Waals surface area contributed by atoms with E-state index in [9.17, 15) is 0 Å². The largest absolute Gasteiger partial charge is 0.357 e. The summed E-state index contributed by atoms with van der Waals surface area (Å²) in [6, 6.07) is 9.67. The van der Waals surface area contributed by atoms with Crippen molar-refractivity contribution < 1.29 is 4.52 Å². The fourth-order valence-corrected chi connectivity index (χ4v) is 1.66. The lowest BCUT2D eigenvalue weighted by molar-refractivity contribution is 0.423. The van der Waals surface area contributed by atoms with Crippen LogP contribution < -0.4 is 5.32 Å². The second-order valence-electron chi connectivity index (χ2n) is 3.64. The monoisotopic (exact) mass is 236 g/mol. The van der Waals surface area contributed by atoms with Gasteiger partial charge >= 0.3 is 0 Å². The van der Waals surface area contributed by atoms with Crippen LogP contribution in [0.3, 0.4) is 0 Å². The van der Waals surface area contributed by atoms with Gasteiger partial charge < -0.3 is 9.84 Å². The zero-order valence-corrected chi connectivity index (χ0v) is 9.95. The number of benzene rings is 1. The smallest absolute Gasteiger partial charge is 0.224 e. The molecule has 0 aliphatic rings. The lowest BCUT2D eigenvalue weighted by atomic mass is 9.98. The second kappa shape index (κ2) is 4.58. The molecule has 1 aromatic heterocycles. The van der Waals surface area contributed by atoms with Gasteiger partial charge in [-0.15, -0.1) is 0 Å². The van der Waals surface area contributed by atoms with Crippen molar-refractivity contribution in [1.82, 2.24) is 5.16 Å². The Morgan fingerprint density at radius 3 is 2.56 bits per heavy atom. The molecule has 1 aromatic carbocycles. The Hall–Kier alpha value is -1.48. The highest BCUT2D eigenvalue weighted by Crippen LogP contribution is 2.25. The van der Waals surface area contributed by atoms with Gasteiger partial charge in [0.05, 0.1) is 5.69 Å². The van der Waals surface area contributed by atoms with Crippen LogP contribution in [0, 0.1) is 0 Å². The van der Waals surface area contributed by atoms with Crippen molar-refractivity contribution in [3.8, 4) is 0 Å². The highest BCUT2D eigenvalue weighted by atomic mass is 35.5. The van der Waals surface area contributed by atoms with Gasteiger partial charge in [0.1, 0.15) is 0 Å². The van der Waals surface area contributed by atoms with E-state index in [-0.39, 0.29) is 5.92 Å². The molecule has 16 heavy (non-hydrogen) atoms. The number of halogens is 1. The minimum Gasteiger partial charge on any atom is -0.357 e. The minimum absolute atomic E-state index is 0.197. The zero-order chi connectivity index (χ0) is 11.5. The van der Waals surface area contributed by atoms with Gasteiger partial charge in [-0.2, -0.15) is 0 Å². The van der Waals surface area contributed by atoms with E-state index in [1.54, 1.807) is 7.05 Å². The van der Waals surface area contributed by atoms with Crippen LogP contribution in [0.15, 0.2) is 34.9 Å². The average Bonchev–Trinajstić information content (AvgIpc) is 2.77. The standard InChI is InChI=1S/C12H13ClN2O/c1-8(9-3-5-10(13)6-4-9)11-7-12(14-2)16-15-11/h3-8,14H,1-2H3. The van der Waals surface area contributed by atoms with Crippen molar-refractivity contribution in [3.05, 3.63) is 46.6 Å². The normalized spacial score (nSPS) is 12.4. The molecular formula is C12H13ClN2O. The maximum atomic E-state index is 5.84. The van der Waals surface area contributed by atoms with Crippen molar-refractivity contribution in [2.45, 2.75) is 12.8 Å². The van der Waals surface area contributed by atoms with Crippen LogP contribution in [0.5, 0.6) is 0 Å². The molecule has 84 valence electrons. The van der Waals surface area contributed by atoms with Crippen LogP contribution in [0.4, 0.5) is 5.88 Å². The van der Waals surface area contributed by atoms with Crippen LogP contribution in [0.2, 0.25) is 5.02 Å². The molecule has 0 saturated carbocycles. The third-order valence-corrected chi connectivity index (χ3v) is 2.84. The van der Waals surface area contributed by atoms with Crippen LogP contribution in [-0.4, -0.2) is 12.2 Å². The Bertz CT molecular complexity index is 464. The van der Waals surface area contributed by atoms with Crippen molar-refractivity contribution in [3.63, 3.8) is 0 Å². The van der Waals surface area contributed by atoms with Crippen molar-refractivity contribution >= 4 is 17.5 Å². The Morgan fingerprint density at radius 2 is 2.00 bits per heavy atom. The first-order valence-corrected chi connectivity index (χ1v) is 5.48. The van der Waals surface area contributed by atoms with Gasteiger partial charge in [0.25, 0.3) is 0 Å². The number of nitrogens with zero attached hydrogens (tertiary/aromatic N) is 1. The minimum atomic E-state index is 0.197. The van der Waals surface area contributed by atoms with E-state index < -0.39 is 0 Å². The van der Waals surface area contributed by atoms with E-state index in [0.717, 1.165) is 10.7 Å². The number of nitrogens with one attached hydrogen (secondary N) is 1. The van der Waals surface area contributed by atoms with Gasteiger partial charge in [-0.05, 0) is 17.7 Å². The summed E-state index contributed by atoms with van der Waals surface area (Å²) in [4.78, 5) is 0. The van der Waals surface area contributed by atoms with Crippen molar-refractivity contribution in [1.29, 1.82) is 0 Å². The number of anilines is 1. The molecular weight excluding hydrogens is 224 g/mol. The predicted octanol–water partition coefficient (Wildman–Crippen LogP) is 3.52. The highest BCUT2D eigenvalue weighted by molar-refractivity contribution is 6.30. The molecule has 0 radical (unpaired) electrons. The quantitative estimate of drug-likeness (QED) is 0.886. The Labute approximate surface area is 99.4 Å². The summed E-state index contributed by atoms with van der Waals surface area (Å²) in [6.07, 6.45) is 0. The molecule has 0 amide bonds. The SMILES string of the molecule is CNc1cc(C(C)c2ccc(Cl)cc2)no1. The summed E-state index contributed by atoms with van der Waals surface area (Å²) in [7, 11) is 1.80. The van der Waals surface area contributed by atoms with E-state index in [1.165, 1.54) is 5.56 Å². The molecule has 0 spiro atoms. The molecule has 4 heteroatoms. The van der Waals surface area contributed by atoms with Crippen LogP contribution >= 0.6 is 11.6 Å². The van der Waals surface area contributed by atoms with E-state index in [2.05, 4.69) is 17.4 Å². The lowest BCUT2D eigenvalue weighted by Crippen LogP contribution is -1.95. The summed E-state index contributed by atoms with van der Waals surface area (Å²) < 4.78 is 5.09. The molecule has 1 atom stereocenters. The molecule has 0 saturated heterocycles. The highest BCUT2D eigenvalue weighted by Gasteiger charge is 2.13. The molecule has 0 bridgehead atoms. The molecule has 0 aliphatic heterocycles. The van der Waals surface area contributed by atoms with E-state index >= 15 is 0 Å². The molecule has 1 unspecified atom stereocenters. The molecule has 1 N–H and O–H groups in total. The third kappa shape index (κ3) is 2.19. The molecule has 0 aliphatic carbocycles. The molecule has 2 rings (SSSR count). The van der Waals surface area contributed by atoms with Crippen molar-refractivity contribution in [2.75, 3.05) is 12.4 Å². The van der Waals surface area contributed by atoms with E-state index in [1.807, 2.05) is 30.3 Å². The van der Waals surface area contributed by atoms with E-state index in [0.29, 0.717) is 5.88 Å². The van der Waals surface area contributed by atoms with Gasteiger partial charge in [-0.3, -0.25) is 0 Å². The molecule has 1 heterocycles. The van der Waals surface area contributed by atoms with Crippen LogP contribution in [-0.2, 0) is 0 Å². The predicted molar refractivity (Wildman–Crippen MR) is 65.0 cm³/mol. The summed E-state index contributed by atoms with van der Waals surface area (Å²) >= 11 is 5.84. The van der Waals surface area contributed by atoms with Gasteiger partial charge in [-0.25, -0.2) is 0 Å². The lowest BCUT2D eigenvalue weighted by Gasteiger charge is -2.07. The van der Waals surface area contributed by atoms with Gasteiger partial charge in [0.15, 0.2) is 0 Å². The molecule has 3 nitrogen and oxygen atoms in total. The summed E-state index contributed by atoms with van der Waals surface area (Å²) in [5, 5.41) is 7.67. The van der Waals surface area contributed by atoms with Gasteiger partial charge in [0, 0.05) is 24.1 Å². The summed E-state index contributed by atoms with van der Waals surface area (Å²) in [5.74, 6) is 0.874. The van der Waals surface area contributed by atoms with Gasteiger partial charge in [0.2, 0.25) is 5.88 Å².